The fraction of sp³-hybridized carbons (Fsp3) is 0.133. The van der Waals surface area contributed by atoms with Crippen LogP contribution >= 0.6 is 11.8 Å². The molecule has 0 atom stereocenters. The summed E-state index contributed by atoms with van der Waals surface area (Å²) in [5.41, 5.74) is -0.639. The van der Waals surface area contributed by atoms with Crippen molar-refractivity contribution in [1.82, 2.24) is 0 Å². The van der Waals surface area contributed by atoms with Gasteiger partial charge in [0.25, 0.3) is 0 Å². The van der Waals surface area contributed by atoms with Crippen LogP contribution in [-0.2, 0) is 11.0 Å². The standard InChI is InChI=1S/C15H12F3NOS/c16-15(17,18)11-5-4-6-12(9-11)19-14(20)10-21-13-7-2-1-3-8-13/h1-9H,10H2,(H,19,20). The number of hydrogen-bond donors (Lipinski definition) is 1. The molecule has 0 heterocycles. The molecule has 1 N–H and O–H groups in total. The normalized spacial score (nSPS) is 11.2. The Morgan fingerprint density at radius 2 is 1.76 bits per heavy atom. The fourth-order valence-corrected chi connectivity index (χ4v) is 2.36. The van der Waals surface area contributed by atoms with Gasteiger partial charge in [-0.2, -0.15) is 13.2 Å². The quantitative estimate of drug-likeness (QED) is 0.846. The number of carbonyl (C=O) groups is 1. The second kappa shape index (κ2) is 6.67. The molecule has 0 fully saturated rings. The van der Waals surface area contributed by atoms with Crippen LogP contribution in [0.25, 0.3) is 0 Å². The molecule has 0 aliphatic rings. The lowest BCUT2D eigenvalue weighted by atomic mass is 10.2. The van der Waals surface area contributed by atoms with Crippen LogP contribution in [0.4, 0.5) is 18.9 Å². The number of alkyl halides is 3. The SMILES string of the molecule is O=C(CSc1ccccc1)Nc1cccc(C(F)(F)F)c1. The van der Waals surface area contributed by atoms with Gasteiger partial charge in [0.2, 0.25) is 5.91 Å². The summed E-state index contributed by atoms with van der Waals surface area (Å²) >= 11 is 1.32. The van der Waals surface area contributed by atoms with Gasteiger partial charge in [-0.05, 0) is 30.3 Å². The summed E-state index contributed by atoms with van der Waals surface area (Å²) in [6.45, 7) is 0. The van der Waals surface area contributed by atoms with Crippen LogP contribution in [0.1, 0.15) is 5.56 Å². The van der Waals surface area contributed by atoms with Gasteiger partial charge < -0.3 is 5.32 Å². The molecule has 2 aromatic rings. The van der Waals surface area contributed by atoms with E-state index < -0.39 is 11.7 Å². The predicted molar refractivity (Wildman–Crippen MR) is 77.2 cm³/mol. The second-order valence-electron chi connectivity index (χ2n) is 4.23. The zero-order valence-corrected chi connectivity index (χ0v) is 11.7. The molecule has 0 aliphatic carbocycles. The smallest absolute Gasteiger partial charge is 0.325 e. The molecule has 0 aliphatic heterocycles. The van der Waals surface area contributed by atoms with Gasteiger partial charge in [0.15, 0.2) is 0 Å². The first-order valence-corrected chi connectivity index (χ1v) is 7.09. The van der Waals surface area contributed by atoms with Crippen molar-refractivity contribution in [3.05, 3.63) is 60.2 Å². The monoisotopic (exact) mass is 311 g/mol. The van der Waals surface area contributed by atoms with Gasteiger partial charge in [-0.1, -0.05) is 24.3 Å². The lowest BCUT2D eigenvalue weighted by molar-refractivity contribution is -0.137. The van der Waals surface area contributed by atoms with E-state index in [1.165, 1.54) is 23.9 Å². The van der Waals surface area contributed by atoms with Crippen molar-refractivity contribution in [1.29, 1.82) is 0 Å². The molecule has 0 aromatic heterocycles. The van der Waals surface area contributed by atoms with E-state index in [1.807, 2.05) is 30.3 Å². The van der Waals surface area contributed by atoms with Crippen molar-refractivity contribution in [2.75, 3.05) is 11.1 Å². The minimum atomic E-state index is -4.42. The van der Waals surface area contributed by atoms with Crippen molar-refractivity contribution in [3.8, 4) is 0 Å². The van der Waals surface area contributed by atoms with E-state index in [-0.39, 0.29) is 17.3 Å². The van der Waals surface area contributed by atoms with E-state index in [4.69, 9.17) is 0 Å². The van der Waals surface area contributed by atoms with Gasteiger partial charge in [-0.15, -0.1) is 11.8 Å². The molecule has 0 spiro atoms. The Kier molecular flexibility index (Phi) is 4.90. The molecule has 0 radical (unpaired) electrons. The second-order valence-corrected chi connectivity index (χ2v) is 5.28. The van der Waals surface area contributed by atoms with Gasteiger partial charge in [0.05, 0.1) is 11.3 Å². The summed E-state index contributed by atoms with van der Waals surface area (Å²) in [4.78, 5) is 12.7. The van der Waals surface area contributed by atoms with Crippen LogP contribution in [0.5, 0.6) is 0 Å². The van der Waals surface area contributed by atoms with Crippen LogP contribution in [0.3, 0.4) is 0 Å². The maximum Gasteiger partial charge on any atom is 0.416 e. The minimum Gasteiger partial charge on any atom is -0.325 e. The maximum absolute atomic E-state index is 12.6. The number of carbonyl (C=O) groups excluding carboxylic acids is 1. The number of anilines is 1. The number of nitrogens with one attached hydrogen (secondary N) is 1. The molecule has 2 rings (SSSR count). The Labute approximate surface area is 124 Å². The predicted octanol–water partition coefficient (Wildman–Crippen LogP) is 4.44. The highest BCUT2D eigenvalue weighted by atomic mass is 32.2. The number of halogens is 3. The Morgan fingerprint density at radius 3 is 2.43 bits per heavy atom. The number of amides is 1. The van der Waals surface area contributed by atoms with Crippen LogP contribution in [-0.4, -0.2) is 11.7 Å². The van der Waals surface area contributed by atoms with E-state index in [2.05, 4.69) is 5.32 Å². The van der Waals surface area contributed by atoms with Crippen molar-refractivity contribution >= 4 is 23.4 Å². The van der Waals surface area contributed by atoms with E-state index in [0.29, 0.717) is 0 Å². The molecule has 6 heteroatoms. The molecule has 1 amide bonds. The summed E-state index contributed by atoms with van der Waals surface area (Å²) in [7, 11) is 0. The van der Waals surface area contributed by atoms with Gasteiger partial charge in [-0.25, -0.2) is 0 Å². The molecule has 2 aromatic carbocycles. The molecular weight excluding hydrogens is 299 g/mol. The maximum atomic E-state index is 12.6. The third-order valence-electron chi connectivity index (χ3n) is 2.59. The third-order valence-corrected chi connectivity index (χ3v) is 3.60. The Balaban J connectivity index is 1.94. The average Bonchev–Trinajstić information content (AvgIpc) is 2.46. The van der Waals surface area contributed by atoms with Crippen LogP contribution in [0.15, 0.2) is 59.5 Å². The van der Waals surface area contributed by atoms with Crippen LogP contribution in [0, 0.1) is 0 Å². The highest BCUT2D eigenvalue weighted by molar-refractivity contribution is 8.00. The van der Waals surface area contributed by atoms with Gasteiger partial charge >= 0.3 is 6.18 Å². The molecule has 21 heavy (non-hydrogen) atoms. The summed E-state index contributed by atoms with van der Waals surface area (Å²) < 4.78 is 37.7. The summed E-state index contributed by atoms with van der Waals surface area (Å²) in [6.07, 6.45) is -4.42. The van der Waals surface area contributed by atoms with Gasteiger partial charge in [0.1, 0.15) is 0 Å². The Bertz CT molecular complexity index is 614. The zero-order valence-electron chi connectivity index (χ0n) is 10.9. The topological polar surface area (TPSA) is 29.1 Å². The summed E-state index contributed by atoms with van der Waals surface area (Å²) in [6, 6.07) is 13.9. The zero-order chi connectivity index (χ0) is 15.3. The third kappa shape index (κ3) is 4.82. The van der Waals surface area contributed by atoms with E-state index in [9.17, 15) is 18.0 Å². The summed E-state index contributed by atoms with van der Waals surface area (Å²) in [5.74, 6) is -0.205. The Morgan fingerprint density at radius 1 is 1.05 bits per heavy atom. The number of hydrogen-bond acceptors (Lipinski definition) is 2. The van der Waals surface area contributed by atoms with E-state index in [0.717, 1.165) is 17.0 Å². The number of benzene rings is 2. The highest BCUT2D eigenvalue weighted by Gasteiger charge is 2.30. The molecular formula is C15H12F3NOS. The molecule has 110 valence electrons. The van der Waals surface area contributed by atoms with Crippen LogP contribution < -0.4 is 5.32 Å². The molecule has 2 nitrogen and oxygen atoms in total. The van der Waals surface area contributed by atoms with Crippen LogP contribution in [0.2, 0.25) is 0 Å². The molecule has 0 saturated heterocycles. The largest absolute Gasteiger partial charge is 0.416 e. The molecule has 0 unspecified atom stereocenters. The summed E-state index contributed by atoms with van der Waals surface area (Å²) in [5, 5.41) is 2.46. The van der Waals surface area contributed by atoms with Gasteiger partial charge in [-0.3, -0.25) is 4.79 Å². The lowest BCUT2D eigenvalue weighted by Crippen LogP contribution is -2.15. The van der Waals surface area contributed by atoms with E-state index in [1.54, 1.807) is 0 Å². The highest BCUT2D eigenvalue weighted by Crippen LogP contribution is 2.30. The molecule has 0 saturated carbocycles. The number of rotatable bonds is 4. The van der Waals surface area contributed by atoms with Crippen molar-refractivity contribution < 1.29 is 18.0 Å². The van der Waals surface area contributed by atoms with Crippen molar-refractivity contribution in [2.24, 2.45) is 0 Å². The first kappa shape index (κ1) is 15.4. The first-order chi connectivity index (χ1) is 9.95. The minimum absolute atomic E-state index is 0.139. The fourth-order valence-electron chi connectivity index (χ4n) is 1.64. The first-order valence-electron chi connectivity index (χ1n) is 6.10. The number of thioether (sulfide) groups is 1. The Hall–Kier alpha value is -1.95. The van der Waals surface area contributed by atoms with E-state index >= 15 is 0 Å². The lowest BCUT2D eigenvalue weighted by Gasteiger charge is -2.09. The molecule has 0 bridgehead atoms. The van der Waals surface area contributed by atoms with Gasteiger partial charge in [0, 0.05) is 10.6 Å². The van der Waals surface area contributed by atoms with Crippen molar-refractivity contribution in [3.63, 3.8) is 0 Å². The average molecular weight is 311 g/mol. The van der Waals surface area contributed by atoms with Crippen molar-refractivity contribution in [2.45, 2.75) is 11.1 Å².